The summed E-state index contributed by atoms with van der Waals surface area (Å²) in [6, 6.07) is 27.5. The van der Waals surface area contributed by atoms with E-state index in [9.17, 15) is 9.59 Å². The molecule has 1 atom stereocenters. The lowest BCUT2D eigenvalue weighted by molar-refractivity contribution is -0.150. The van der Waals surface area contributed by atoms with E-state index in [1.165, 1.54) is 21.6 Å². The van der Waals surface area contributed by atoms with Gasteiger partial charge in [0.2, 0.25) is 0 Å². The van der Waals surface area contributed by atoms with E-state index in [1.807, 2.05) is 47.9 Å². The number of hydrogen-bond donors (Lipinski definition) is 0. The maximum atomic E-state index is 13.2. The van der Waals surface area contributed by atoms with E-state index in [2.05, 4.69) is 0 Å². The predicted octanol–water partition coefficient (Wildman–Crippen LogP) is 5.70. The molecule has 6 heteroatoms. The number of hydrogen-bond acceptors (Lipinski definition) is 6. The molecule has 156 valence electrons. The van der Waals surface area contributed by atoms with Crippen LogP contribution >= 0.6 is 21.6 Å². The number of carbonyl (C=O) groups is 2. The third-order valence-corrected chi connectivity index (χ3v) is 7.25. The average molecular weight is 449 g/mol. The molecule has 3 aromatic rings. The minimum absolute atomic E-state index is 0.377. The Balaban J connectivity index is 1.58. The zero-order valence-corrected chi connectivity index (χ0v) is 18.2. The van der Waals surface area contributed by atoms with Crippen LogP contribution in [0.5, 0.6) is 11.5 Å². The van der Waals surface area contributed by atoms with Crippen LogP contribution in [0.2, 0.25) is 0 Å². The van der Waals surface area contributed by atoms with Crippen LogP contribution in [0, 0.1) is 5.92 Å². The van der Waals surface area contributed by atoms with E-state index in [0.717, 1.165) is 11.1 Å². The molecule has 0 saturated heterocycles. The van der Waals surface area contributed by atoms with Crippen molar-refractivity contribution in [1.29, 1.82) is 0 Å². The van der Waals surface area contributed by atoms with E-state index >= 15 is 0 Å². The summed E-state index contributed by atoms with van der Waals surface area (Å²) in [6.07, 6.45) is 0.652. The normalized spacial score (nSPS) is 15.4. The minimum atomic E-state index is -1.09. The van der Waals surface area contributed by atoms with Crippen LogP contribution in [0.4, 0.5) is 0 Å². The quantitative estimate of drug-likeness (QED) is 0.200. The highest BCUT2D eigenvalue weighted by Gasteiger charge is 2.42. The van der Waals surface area contributed by atoms with Crippen LogP contribution in [-0.4, -0.2) is 17.2 Å². The number of esters is 2. The van der Waals surface area contributed by atoms with Crippen LogP contribution in [0.1, 0.15) is 5.56 Å². The highest BCUT2D eigenvalue weighted by Crippen LogP contribution is 2.46. The molecule has 1 aliphatic rings. The molecular formula is C25H20O4S2. The molecule has 3 aromatic carbocycles. The summed E-state index contributed by atoms with van der Waals surface area (Å²) in [4.78, 5) is 26.3. The lowest BCUT2D eigenvalue weighted by Crippen LogP contribution is -2.39. The lowest BCUT2D eigenvalue weighted by Gasteiger charge is -2.22. The minimum Gasteiger partial charge on any atom is -0.426 e. The molecule has 0 aliphatic carbocycles. The van der Waals surface area contributed by atoms with Gasteiger partial charge in [-0.3, -0.25) is 9.59 Å². The van der Waals surface area contributed by atoms with E-state index in [4.69, 9.17) is 9.47 Å². The van der Waals surface area contributed by atoms with Crippen molar-refractivity contribution in [2.24, 2.45) is 5.92 Å². The summed E-state index contributed by atoms with van der Waals surface area (Å²) in [5.41, 5.74) is 2.12. The van der Waals surface area contributed by atoms with Gasteiger partial charge in [-0.25, -0.2) is 0 Å². The van der Waals surface area contributed by atoms with Crippen LogP contribution in [0.3, 0.4) is 0 Å². The van der Waals surface area contributed by atoms with E-state index < -0.39 is 17.9 Å². The molecule has 0 aromatic heterocycles. The zero-order chi connectivity index (χ0) is 21.5. The van der Waals surface area contributed by atoms with Gasteiger partial charge in [0, 0.05) is 0 Å². The third-order valence-electron chi connectivity index (χ3n) is 4.71. The number of carbonyl (C=O) groups excluding carboxylic acids is 2. The van der Waals surface area contributed by atoms with Crippen molar-refractivity contribution in [3.63, 3.8) is 0 Å². The van der Waals surface area contributed by atoms with E-state index in [-0.39, 0.29) is 5.25 Å². The van der Waals surface area contributed by atoms with Crippen LogP contribution < -0.4 is 9.47 Å². The Hall–Kier alpha value is -2.96. The first-order chi connectivity index (χ1) is 15.2. The van der Waals surface area contributed by atoms with Crippen LogP contribution in [-0.2, 0) is 16.0 Å². The highest BCUT2D eigenvalue weighted by atomic mass is 33.1. The van der Waals surface area contributed by atoms with Gasteiger partial charge in [0.15, 0.2) is 5.92 Å². The molecule has 0 N–H and O–H groups in total. The fourth-order valence-corrected chi connectivity index (χ4v) is 6.03. The van der Waals surface area contributed by atoms with Gasteiger partial charge in [0.1, 0.15) is 11.5 Å². The predicted molar refractivity (Wildman–Crippen MR) is 125 cm³/mol. The van der Waals surface area contributed by atoms with Gasteiger partial charge in [0.05, 0.1) is 5.25 Å². The number of benzene rings is 3. The number of para-hydroxylation sites is 2. The lowest BCUT2D eigenvalue weighted by atomic mass is 9.94. The Labute approximate surface area is 189 Å². The largest absolute Gasteiger partial charge is 0.426 e. The maximum absolute atomic E-state index is 13.2. The van der Waals surface area contributed by atoms with Crippen molar-refractivity contribution < 1.29 is 19.1 Å². The van der Waals surface area contributed by atoms with Gasteiger partial charge < -0.3 is 9.47 Å². The topological polar surface area (TPSA) is 52.6 Å². The van der Waals surface area contributed by atoms with Gasteiger partial charge in [-0.1, -0.05) is 88.3 Å². The second-order valence-corrected chi connectivity index (χ2v) is 9.20. The highest BCUT2D eigenvalue weighted by molar-refractivity contribution is 8.78. The molecular weight excluding hydrogens is 428 g/mol. The first kappa shape index (κ1) is 21.3. The summed E-state index contributed by atoms with van der Waals surface area (Å²) in [7, 11) is 3.00. The Morgan fingerprint density at radius 3 is 1.74 bits per heavy atom. The first-order valence-electron chi connectivity index (χ1n) is 9.79. The Kier molecular flexibility index (Phi) is 7.12. The summed E-state index contributed by atoms with van der Waals surface area (Å²) in [5.74, 6) is -1.53. The Bertz CT molecular complexity index is 999. The molecule has 1 aliphatic heterocycles. The molecule has 0 amide bonds. The SMILES string of the molecule is O=C(Oc1ccccc1)C(C(=O)Oc1ccccc1)C1SSC=C1Cc1ccccc1. The molecule has 31 heavy (non-hydrogen) atoms. The second kappa shape index (κ2) is 10.4. The van der Waals surface area contributed by atoms with Crippen molar-refractivity contribution in [1.82, 2.24) is 0 Å². The summed E-state index contributed by atoms with van der Waals surface area (Å²) >= 11 is 0. The molecule has 0 radical (unpaired) electrons. The van der Waals surface area contributed by atoms with Crippen molar-refractivity contribution in [3.05, 3.63) is 108 Å². The standard InChI is InChI=1S/C25H20O4S2/c26-24(28-20-12-6-2-7-13-20)22(25(27)29-21-14-8-3-9-15-21)23-19(17-30-31-23)16-18-10-4-1-5-11-18/h1-15,17,22-23H,16H2. The number of rotatable bonds is 7. The Morgan fingerprint density at radius 1 is 0.742 bits per heavy atom. The van der Waals surface area contributed by atoms with Gasteiger partial charge in [-0.05, 0) is 47.2 Å². The van der Waals surface area contributed by atoms with Crippen LogP contribution in [0.15, 0.2) is 102 Å². The third kappa shape index (κ3) is 5.60. The van der Waals surface area contributed by atoms with Gasteiger partial charge in [0.25, 0.3) is 0 Å². The smallest absolute Gasteiger partial charge is 0.327 e. The van der Waals surface area contributed by atoms with Crippen molar-refractivity contribution >= 4 is 33.5 Å². The van der Waals surface area contributed by atoms with Gasteiger partial charge >= 0.3 is 11.9 Å². The first-order valence-corrected chi connectivity index (χ1v) is 12.1. The van der Waals surface area contributed by atoms with E-state index in [1.54, 1.807) is 48.5 Å². The monoisotopic (exact) mass is 448 g/mol. The van der Waals surface area contributed by atoms with Crippen LogP contribution in [0.25, 0.3) is 0 Å². The van der Waals surface area contributed by atoms with Crippen molar-refractivity contribution in [2.45, 2.75) is 11.7 Å². The van der Waals surface area contributed by atoms with Crippen molar-refractivity contribution in [3.8, 4) is 11.5 Å². The molecule has 1 unspecified atom stereocenters. The molecule has 4 rings (SSSR count). The average Bonchev–Trinajstić information content (AvgIpc) is 3.23. The van der Waals surface area contributed by atoms with Gasteiger partial charge in [-0.15, -0.1) is 0 Å². The molecule has 4 nitrogen and oxygen atoms in total. The molecule has 0 fully saturated rings. The summed E-state index contributed by atoms with van der Waals surface area (Å²) < 4.78 is 11.1. The fourth-order valence-electron chi connectivity index (χ4n) is 3.20. The fraction of sp³-hybridized carbons (Fsp3) is 0.120. The molecule has 0 spiro atoms. The van der Waals surface area contributed by atoms with Gasteiger partial charge in [-0.2, -0.15) is 0 Å². The molecule has 1 heterocycles. The maximum Gasteiger partial charge on any atom is 0.327 e. The number of ether oxygens (including phenoxy) is 2. The summed E-state index contributed by atoms with van der Waals surface area (Å²) in [5, 5.41) is 1.64. The molecule has 0 bridgehead atoms. The zero-order valence-electron chi connectivity index (χ0n) is 16.5. The van der Waals surface area contributed by atoms with E-state index in [0.29, 0.717) is 17.9 Å². The van der Waals surface area contributed by atoms with Crippen molar-refractivity contribution in [2.75, 3.05) is 0 Å². The summed E-state index contributed by atoms with van der Waals surface area (Å²) in [6.45, 7) is 0. The Morgan fingerprint density at radius 2 is 1.23 bits per heavy atom. The second-order valence-electron chi connectivity index (χ2n) is 6.91. The molecule has 0 saturated carbocycles.